The van der Waals surface area contributed by atoms with Crippen LogP contribution in [0.1, 0.15) is 22.3 Å². The van der Waals surface area contributed by atoms with Gasteiger partial charge >= 0.3 is 12.4 Å². The highest BCUT2D eigenvalue weighted by atomic mass is 32.2. The van der Waals surface area contributed by atoms with Crippen LogP contribution < -0.4 is 11.1 Å². The molecule has 0 saturated carbocycles. The third kappa shape index (κ3) is 3.65. The van der Waals surface area contributed by atoms with Crippen LogP contribution in [-0.4, -0.2) is 38.0 Å². The summed E-state index contributed by atoms with van der Waals surface area (Å²) in [7, 11) is -3.66. The number of primary amides is 1. The number of sulfone groups is 1. The summed E-state index contributed by atoms with van der Waals surface area (Å²) in [6, 6.07) is 3.91. The van der Waals surface area contributed by atoms with E-state index < -0.39 is 56.2 Å². The van der Waals surface area contributed by atoms with E-state index >= 15 is 0 Å². The lowest BCUT2D eigenvalue weighted by Gasteiger charge is -2.34. The molecule has 0 bridgehead atoms. The Morgan fingerprint density at radius 1 is 1.03 bits per heavy atom. The summed E-state index contributed by atoms with van der Waals surface area (Å²) in [4.78, 5) is 12.2. The number of carbonyl (C=O) groups excluding carboxylic acids is 1. The number of amides is 1. The number of hydrogen-bond acceptors (Lipinski definition) is 5. The third-order valence-electron chi connectivity index (χ3n) is 5.43. The lowest BCUT2D eigenvalue weighted by molar-refractivity contribution is -0.376. The number of nitrogens with one attached hydrogen (secondary N) is 1. The average molecular weight is 500 g/mol. The minimum absolute atomic E-state index is 0.0315. The molecule has 180 valence electrons. The van der Waals surface area contributed by atoms with E-state index in [1.807, 2.05) is 0 Å². The van der Waals surface area contributed by atoms with Crippen LogP contribution in [0.5, 0.6) is 0 Å². The highest BCUT2D eigenvalue weighted by Gasteiger charge is 2.71. The third-order valence-corrected chi connectivity index (χ3v) is 6.54. The fraction of sp³-hybridized carbons (Fsp3) is 0.316. The van der Waals surface area contributed by atoms with Gasteiger partial charge in [0.1, 0.15) is 5.82 Å². The Kier molecular flexibility index (Phi) is 5.59. The molecular formula is C19H15F7N2O4S. The monoisotopic (exact) mass is 500 g/mol. The maximum absolute atomic E-state index is 15.0. The second-order valence-electron chi connectivity index (χ2n) is 7.46. The molecule has 1 atom stereocenters. The molecule has 2 aromatic carbocycles. The summed E-state index contributed by atoms with van der Waals surface area (Å²) >= 11 is 0. The minimum atomic E-state index is -6.24. The van der Waals surface area contributed by atoms with Crippen molar-refractivity contribution < 1.29 is 49.1 Å². The van der Waals surface area contributed by atoms with Crippen molar-refractivity contribution >= 4 is 15.7 Å². The van der Waals surface area contributed by atoms with Gasteiger partial charge in [-0.15, -0.1) is 0 Å². The topological polar surface area (TPSA) is 109 Å². The number of nitrogens with two attached hydrogens (primary N) is 1. The van der Waals surface area contributed by atoms with E-state index in [-0.39, 0.29) is 34.7 Å². The summed E-state index contributed by atoms with van der Waals surface area (Å²) in [5.74, 6) is -2.94. The van der Waals surface area contributed by atoms with Crippen molar-refractivity contribution in [3.8, 4) is 0 Å². The molecule has 33 heavy (non-hydrogen) atoms. The fourth-order valence-corrected chi connectivity index (χ4v) is 4.43. The van der Waals surface area contributed by atoms with E-state index in [1.54, 1.807) is 0 Å². The zero-order valence-corrected chi connectivity index (χ0v) is 17.3. The molecule has 0 aliphatic carbocycles. The Morgan fingerprint density at radius 3 is 2.03 bits per heavy atom. The van der Waals surface area contributed by atoms with Crippen molar-refractivity contribution in [3.05, 3.63) is 64.5 Å². The molecule has 4 N–H and O–H groups in total. The van der Waals surface area contributed by atoms with E-state index in [0.717, 1.165) is 18.4 Å². The first-order valence-corrected chi connectivity index (χ1v) is 10.8. The summed E-state index contributed by atoms with van der Waals surface area (Å²) in [5.41, 5.74) is -4.55. The number of hydrogen-bond donors (Lipinski definition) is 3. The first kappa shape index (κ1) is 24.9. The highest BCUT2D eigenvalue weighted by Crippen LogP contribution is 2.50. The zero-order chi connectivity index (χ0) is 25.2. The Labute approximate surface area is 182 Å². The second-order valence-corrected chi connectivity index (χ2v) is 9.48. The lowest BCUT2D eigenvalue weighted by Crippen LogP contribution is -2.54. The van der Waals surface area contributed by atoms with Crippen LogP contribution in [0.3, 0.4) is 0 Å². The summed E-state index contributed by atoms with van der Waals surface area (Å²) in [5, 5.41) is 12.1. The standard InChI is InChI=1S/C19H15F7N2O4S/c1-33(31,32)11-3-5-12-9(6-11)8-28-16(12,15(27)29)13-4-2-10(7-14(13)20)17(30,18(21,22)23)19(24,25)26/h2-7,28,30H,8H2,1H3,(H2,27,29). The molecule has 2 aromatic rings. The van der Waals surface area contributed by atoms with E-state index in [0.29, 0.717) is 6.07 Å². The Hall–Kier alpha value is -2.71. The minimum Gasteiger partial charge on any atom is -0.369 e. The largest absolute Gasteiger partial charge is 0.430 e. The smallest absolute Gasteiger partial charge is 0.369 e. The number of benzene rings is 2. The van der Waals surface area contributed by atoms with Crippen LogP contribution in [0.2, 0.25) is 0 Å². The van der Waals surface area contributed by atoms with Crippen molar-refractivity contribution in [2.45, 2.75) is 34.9 Å². The quantitative estimate of drug-likeness (QED) is 0.559. The number of carbonyl (C=O) groups is 1. The molecule has 1 amide bonds. The van der Waals surface area contributed by atoms with Gasteiger partial charge in [-0.1, -0.05) is 18.2 Å². The van der Waals surface area contributed by atoms with E-state index in [9.17, 15) is 49.1 Å². The maximum atomic E-state index is 15.0. The van der Waals surface area contributed by atoms with Crippen LogP contribution in [0.4, 0.5) is 30.7 Å². The van der Waals surface area contributed by atoms with E-state index in [2.05, 4.69) is 5.32 Å². The predicted octanol–water partition coefficient (Wildman–Crippen LogP) is 2.37. The fourth-order valence-electron chi connectivity index (χ4n) is 3.76. The van der Waals surface area contributed by atoms with Crippen LogP contribution in [0.15, 0.2) is 41.3 Å². The summed E-state index contributed by atoms with van der Waals surface area (Å²) in [6.45, 7) is -0.210. The average Bonchev–Trinajstić information content (AvgIpc) is 3.04. The van der Waals surface area contributed by atoms with Gasteiger partial charge in [-0.05, 0) is 29.3 Å². The molecule has 6 nitrogen and oxygen atoms in total. The molecule has 3 rings (SSSR count). The van der Waals surface area contributed by atoms with Gasteiger partial charge in [0.25, 0.3) is 5.60 Å². The predicted molar refractivity (Wildman–Crippen MR) is 98.8 cm³/mol. The Morgan fingerprint density at radius 2 is 1.58 bits per heavy atom. The summed E-state index contributed by atoms with van der Waals surface area (Å²) < 4.78 is 117. The molecule has 0 aromatic heterocycles. The molecule has 0 spiro atoms. The maximum Gasteiger partial charge on any atom is 0.430 e. The van der Waals surface area contributed by atoms with Crippen molar-refractivity contribution in [1.29, 1.82) is 0 Å². The number of aliphatic hydroxyl groups is 1. The van der Waals surface area contributed by atoms with Gasteiger partial charge in [0, 0.05) is 23.9 Å². The Bertz CT molecular complexity index is 1230. The van der Waals surface area contributed by atoms with Gasteiger partial charge in [0.15, 0.2) is 15.4 Å². The highest BCUT2D eigenvalue weighted by molar-refractivity contribution is 7.90. The molecular weight excluding hydrogens is 485 g/mol. The Balaban J connectivity index is 2.23. The molecule has 0 radical (unpaired) electrons. The van der Waals surface area contributed by atoms with Crippen molar-refractivity contribution in [2.24, 2.45) is 5.73 Å². The number of rotatable bonds is 4. The van der Waals surface area contributed by atoms with E-state index in [4.69, 9.17) is 5.73 Å². The number of fused-ring (bicyclic) bond motifs is 1. The van der Waals surface area contributed by atoms with Crippen molar-refractivity contribution in [1.82, 2.24) is 5.32 Å². The molecule has 1 unspecified atom stereocenters. The number of halogens is 7. The van der Waals surface area contributed by atoms with Gasteiger partial charge in [0.2, 0.25) is 5.91 Å². The van der Waals surface area contributed by atoms with Crippen LogP contribution >= 0.6 is 0 Å². The van der Waals surface area contributed by atoms with Gasteiger partial charge in [-0.25, -0.2) is 12.8 Å². The first-order valence-electron chi connectivity index (χ1n) is 8.92. The van der Waals surface area contributed by atoms with Crippen molar-refractivity contribution in [3.63, 3.8) is 0 Å². The summed E-state index contributed by atoms with van der Waals surface area (Å²) in [6.07, 6.45) is -11.6. The van der Waals surface area contributed by atoms with Crippen LogP contribution in [0.25, 0.3) is 0 Å². The molecule has 0 saturated heterocycles. The lowest BCUT2D eigenvalue weighted by atomic mass is 9.81. The SMILES string of the molecule is CS(=O)(=O)c1ccc2c(c1)CNC2(C(N)=O)c1ccc(C(O)(C(F)(F)F)C(F)(F)F)cc1F. The molecule has 1 aliphatic rings. The van der Waals surface area contributed by atoms with Gasteiger partial charge in [-0.2, -0.15) is 26.3 Å². The molecule has 1 heterocycles. The van der Waals surface area contributed by atoms with Gasteiger partial charge in [0.05, 0.1) is 4.90 Å². The molecule has 0 fully saturated rings. The zero-order valence-electron chi connectivity index (χ0n) is 16.5. The molecule has 14 heteroatoms. The van der Waals surface area contributed by atoms with Crippen LogP contribution in [-0.2, 0) is 32.3 Å². The van der Waals surface area contributed by atoms with Crippen LogP contribution in [0, 0.1) is 5.82 Å². The van der Waals surface area contributed by atoms with E-state index in [1.165, 1.54) is 6.07 Å². The first-order chi connectivity index (χ1) is 14.9. The van der Waals surface area contributed by atoms with Gasteiger partial charge < -0.3 is 10.8 Å². The second kappa shape index (κ2) is 7.40. The normalized spacial score (nSPS) is 19.4. The number of alkyl halides is 6. The van der Waals surface area contributed by atoms with Gasteiger partial charge in [-0.3, -0.25) is 10.1 Å². The van der Waals surface area contributed by atoms with Crippen molar-refractivity contribution in [2.75, 3.05) is 6.26 Å². The molecule has 1 aliphatic heterocycles.